The average molecular weight is 374 g/mol. The number of hydrogen-bond acceptors (Lipinski definition) is 2. The van der Waals surface area contributed by atoms with Crippen LogP contribution in [0.5, 0.6) is 0 Å². The summed E-state index contributed by atoms with van der Waals surface area (Å²) in [6.45, 7) is 2.36. The van der Waals surface area contributed by atoms with Crippen LogP contribution in [0.1, 0.15) is 107 Å². The maximum absolute atomic E-state index is 11.9. The first-order chi connectivity index (χ1) is 13.2. The van der Waals surface area contributed by atoms with Gasteiger partial charge in [-0.1, -0.05) is 114 Å². The Kier molecular flexibility index (Phi) is 14.3. The van der Waals surface area contributed by atoms with E-state index < -0.39 is 0 Å². The fourth-order valence-electron chi connectivity index (χ4n) is 3.30. The van der Waals surface area contributed by atoms with Gasteiger partial charge in [-0.05, 0) is 6.42 Å². The number of hydrogen-bond donors (Lipinski definition) is 1. The van der Waals surface area contributed by atoms with Gasteiger partial charge in [0.1, 0.15) is 0 Å². The number of rotatable bonds is 17. The smallest absolute Gasteiger partial charge is 0.220 e. The molecule has 1 amide bonds. The van der Waals surface area contributed by atoms with Gasteiger partial charge in [0, 0.05) is 12.0 Å². The van der Waals surface area contributed by atoms with Gasteiger partial charge in [0.15, 0.2) is 5.78 Å². The molecular formula is C24H39NO2. The number of Topliss-reactive ketones (excluding diaryl/α,β-unsaturated/α-hetero) is 1. The van der Waals surface area contributed by atoms with Crippen molar-refractivity contribution in [3.05, 3.63) is 35.9 Å². The second-order valence-corrected chi connectivity index (χ2v) is 7.56. The van der Waals surface area contributed by atoms with Gasteiger partial charge in [-0.2, -0.15) is 0 Å². The Bertz CT molecular complexity index is 498. The predicted octanol–water partition coefficient (Wildman–Crippen LogP) is 6.47. The number of ketones is 1. The molecule has 0 spiro atoms. The van der Waals surface area contributed by atoms with Crippen LogP contribution in [0.3, 0.4) is 0 Å². The van der Waals surface area contributed by atoms with Gasteiger partial charge in [0.05, 0.1) is 6.54 Å². The molecule has 0 aliphatic carbocycles. The van der Waals surface area contributed by atoms with Crippen LogP contribution >= 0.6 is 0 Å². The molecule has 0 saturated carbocycles. The number of carbonyl (C=O) groups excluding carboxylic acids is 2. The summed E-state index contributed by atoms with van der Waals surface area (Å²) < 4.78 is 0. The summed E-state index contributed by atoms with van der Waals surface area (Å²) in [6, 6.07) is 9.11. The first-order valence-corrected chi connectivity index (χ1v) is 11.1. The highest BCUT2D eigenvalue weighted by Gasteiger charge is 2.07. The quantitative estimate of drug-likeness (QED) is 0.251. The Morgan fingerprint density at radius 3 is 1.70 bits per heavy atom. The first-order valence-electron chi connectivity index (χ1n) is 11.1. The third-order valence-electron chi connectivity index (χ3n) is 5.05. The summed E-state index contributed by atoms with van der Waals surface area (Å²) >= 11 is 0. The molecule has 0 aliphatic rings. The van der Waals surface area contributed by atoms with E-state index in [1.54, 1.807) is 12.1 Å². The number of unbranched alkanes of at least 4 members (excludes halogenated alkanes) is 12. The normalized spacial score (nSPS) is 10.7. The van der Waals surface area contributed by atoms with Crippen molar-refractivity contribution in [3.63, 3.8) is 0 Å². The lowest BCUT2D eigenvalue weighted by molar-refractivity contribution is -0.121. The molecule has 0 heterocycles. The molecule has 3 nitrogen and oxygen atoms in total. The highest BCUT2D eigenvalue weighted by molar-refractivity contribution is 5.99. The van der Waals surface area contributed by atoms with Crippen LogP contribution in [0.15, 0.2) is 30.3 Å². The van der Waals surface area contributed by atoms with Crippen molar-refractivity contribution in [2.24, 2.45) is 0 Å². The number of nitrogens with one attached hydrogen (secondary N) is 1. The van der Waals surface area contributed by atoms with E-state index in [0.717, 1.165) is 12.8 Å². The largest absolute Gasteiger partial charge is 0.349 e. The molecule has 0 fully saturated rings. The Morgan fingerprint density at radius 1 is 0.704 bits per heavy atom. The number of amides is 1. The molecule has 3 heteroatoms. The zero-order valence-electron chi connectivity index (χ0n) is 17.3. The van der Waals surface area contributed by atoms with Gasteiger partial charge in [-0.3, -0.25) is 9.59 Å². The molecule has 1 N–H and O–H groups in total. The van der Waals surface area contributed by atoms with Crippen molar-refractivity contribution in [2.75, 3.05) is 6.54 Å². The summed E-state index contributed by atoms with van der Waals surface area (Å²) in [4.78, 5) is 23.7. The maximum Gasteiger partial charge on any atom is 0.220 e. The molecular weight excluding hydrogens is 334 g/mol. The van der Waals surface area contributed by atoms with Crippen LogP contribution in [0, 0.1) is 0 Å². The van der Waals surface area contributed by atoms with Crippen molar-refractivity contribution in [1.82, 2.24) is 5.32 Å². The molecule has 0 radical (unpaired) electrons. The van der Waals surface area contributed by atoms with Crippen molar-refractivity contribution in [1.29, 1.82) is 0 Å². The van der Waals surface area contributed by atoms with Gasteiger partial charge in [0.2, 0.25) is 5.91 Å². The molecule has 0 unspecified atom stereocenters. The van der Waals surface area contributed by atoms with Gasteiger partial charge in [0.25, 0.3) is 0 Å². The minimum Gasteiger partial charge on any atom is -0.349 e. The van der Waals surface area contributed by atoms with E-state index in [-0.39, 0.29) is 18.2 Å². The summed E-state index contributed by atoms with van der Waals surface area (Å²) in [6.07, 6.45) is 17.4. The van der Waals surface area contributed by atoms with Crippen molar-refractivity contribution in [3.8, 4) is 0 Å². The Labute approximate surface area is 166 Å². The lowest BCUT2D eigenvalue weighted by Gasteiger charge is -2.05. The average Bonchev–Trinajstić information content (AvgIpc) is 2.70. The van der Waals surface area contributed by atoms with Crippen LogP contribution in [0.4, 0.5) is 0 Å². The standard InChI is InChI=1S/C24H39NO2/c1-2-3-4-5-6-7-8-9-10-11-12-13-17-20-24(27)25-21-23(26)22-18-15-14-16-19-22/h14-16,18-19H,2-13,17,20-21H2,1H3,(H,25,27). The van der Waals surface area contributed by atoms with Gasteiger partial charge >= 0.3 is 0 Å². The molecule has 0 aliphatic heterocycles. The highest BCUT2D eigenvalue weighted by atomic mass is 16.2. The first kappa shape index (κ1) is 23.4. The van der Waals surface area contributed by atoms with E-state index in [1.807, 2.05) is 18.2 Å². The monoisotopic (exact) mass is 373 g/mol. The summed E-state index contributed by atoms with van der Waals surface area (Å²) in [7, 11) is 0. The van der Waals surface area contributed by atoms with Crippen molar-refractivity contribution < 1.29 is 9.59 Å². The van der Waals surface area contributed by atoms with Crippen LogP contribution in [0.2, 0.25) is 0 Å². The lowest BCUT2D eigenvalue weighted by Crippen LogP contribution is -2.29. The molecule has 0 saturated heterocycles. The second kappa shape index (κ2) is 16.5. The molecule has 0 bridgehead atoms. The fraction of sp³-hybridized carbons (Fsp3) is 0.667. The molecule has 1 aromatic rings. The van der Waals surface area contributed by atoms with E-state index in [9.17, 15) is 9.59 Å². The molecule has 152 valence electrons. The molecule has 1 aromatic carbocycles. The summed E-state index contributed by atoms with van der Waals surface area (Å²) in [5.74, 6) is -0.0448. The van der Waals surface area contributed by atoms with E-state index in [1.165, 1.54) is 70.6 Å². The van der Waals surface area contributed by atoms with E-state index in [4.69, 9.17) is 0 Å². The highest BCUT2D eigenvalue weighted by Crippen LogP contribution is 2.12. The maximum atomic E-state index is 11.9. The zero-order valence-corrected chi connectivity index (χ0v) is 17.3. The van der Waals surface area contributed by atoms with E-state index in [0.29, 0.717) is 12.0 Å². The molecule has 27 heavy (non-hydrogen) atoms. The Balaban J connectivity index is 1.86. The lowest BCUT2D eigenvalue weighted by atomic mass is 10.0. The molecule has 0 aromatic heterocycles. The van der Waals surface area contributed by atoms with Crippen LogP contribution in [0.25, 0.3) is 0 Å². The SMILES string of the molecule is CCCCCCCCCCCCCCCC(=O)NCC(=O)c1ccccc1. The number of benzene rings is 1. The molecule has 1 rings (SSSR count). The van der Waals surface area contributed by atoms with Gasteiger partial charge in [-0.25, -0.2) is 0 Å². The third-order valence-corrected chi connectivity index (χ3v) is 5.05. The Hall–Kier alpha value is -1.64. The third kappa shape index (κ3) is 13.2. The van der Waals surface area contributed by atoms with Gasteiger partial charge in [-0.15, -0.1) is 0 Å². The second-order valence-electron chi connectivity index (χ2n) is 7.56. The predicted molar refractivity (Wildman–Crippen MR) is 114 cm³/mol. The minimum atomic E-state index is -0.0330. The Morgan fingerprint density at radius 2 is 1.19 bits per heavy atom. The summed E-state index contributed by atoms with van der Waals surface area (Å²) in [5.41, 5.74) is 0.652. The van der Waals surface area contributed by atoms with Crippen LogP contribution < -0.4 is 5.32 Å². The minimum absolute atomic E-state index is 0.0117. The summed E-state index contributed by atoms with van der Waals surface area (Å²) in [5, 5.41) is 2.74. The van der Waals surface area contributed by atoms with Crippen molar-refractivity contribution >= 4 is 11.7 Å². The fourth-order valence-corrected chi connectivity index (χ4v) is 3.30. The topological polar surface area (TPSA) is 46.2 Å². The zero-order chi connectivity index (χ0) is 19.6. The van der Waals surface area contributed by atoms with Crippen LogP contribution in [-0.2, 0) is 4.79 Å². The van der Waals surface area contributed by atoms with E-state index >= 15 is 0 Å². The van der Waals surface area contributed by atoms with Crippen LogP contribution in [-0.4, -0.2) is 18.2 Å². The molecule has 0 atom stereocenters. The van der Waals surface area contributed by atoms with Crippen molar-refractivity contribution in [2.45, 2.75) is 96.8 Å². The van der Waals surface area contributed by atoms with E-state index in [2.05, 4.69) is 12.2 Å². The van der Waals surface area contributed by atoms with Gasteiger partial charge < -0.3 is 5.32 Å². The number of carbonyl (C=O) groups is 2.